The van der Waals surface area contributed by atoms with Crippen LogP contribution >= 0.6 is 11.3 Å². The van der Waals surface area contributed by atoms with Crippen LogP contribution in [0.4, 0.5) is 0 Å². The van der Waals surface area contributed by atoms with E-state index in [2.05, 4.69) is 25.1 Å². The molecule has 2 bridgehead atoms. The predicted octanol–water partition coefficient (Wildman–Crippen LogP) is 0.421. The van der Waals surface area contributed by atoms with Crippen molar-refractivity contribution in [1.29, 1.82) is 0 Å². The molecule has 0 aromatic carbocycles. The molecule has 3 aliphatic heterocycles. The van der Waals surface area contributed by atoms with Gasteiger partial charge in [-0.2, -0.15) is 0 Å². The first-order valence-corrected chi connectivity index (χ1v) is 8.12. The Morgan fingerprint density at radius 3 is 2.95 bits per heavy atom. The van der Waals surface area contributed by atoms with E-state index in [1.165, 1.54) is 17.7 Å². The van der Waals surface area contributed by atoms with E-state index in [-0.39, 0.29) is 5.91 Å². The van der Waals surface area contributed by atoms with Crippen LogP contribution in [0.15, 0.2) is 17.8 Å². The fraction of sp³-hybridized carbons (Fsp3) is 0.500. The van der Waals surface area contributed by atoms with Crippen molar-refractivity contribution in [3.63, 3.8) is 0 Å². The summed E-state index contributed by atoms with van der Waals surface area (Å²) in [6.07, 6.45) is 1.46. The minimum atomic E-state index is -0.0949. The molecule has 3 aliphatic rings. The van der Waals surface area contributed by atoms with Gasteiger partial charge in [-0.3, -0.25) is 14.6 Å². The van der Waals surface area contributed by atoms with Gasteiger partial charge in [-0.1, -0.05) is 0 Å². The Balaban J connectivity index is 1.45. The Bertz CT molecular complexity index is 664. The minimum Gasteiger partial charge on any atom is -0.349 e. The number of hydrogen-bond acceptors (Lipinski definition) is 6. The van der Waals surface area contributed by atoms with Crippen LogP contribution in [-0.2, 0) is 0 Å². The Labute approximate surface area is 126 Å². The summed E-state index contributed by atoms with van der Waals surface area (Å²) in [6.45, 7) is 6.29. The zero-order valence-corrected chi connectivity index (χ0v) is 12.5. The lowest BCUT2D eigenvalue weighted by molar-refractivity contribution is 0.0138. The van der Waals surface area contributed by atoms with Crippen molar-refractivity contribution < 1.29 is 4.79 Å². The molecule has 21 heavy (non-hydrogen) atoms. The van der Waals surface area contributed by atoms with Gasteiger partial charge >= 0.3 is 0 Å². The third-order valence-corrected chi connectivity index (χ3v) is 5.26. The van der Waals surface area contributed by atoms with Gasteiger partial charge in [-0.05, 0) is 11.4 Å². The molecule has 3 fully saturated rings. The highest BCUT2D eigenvalue weighted by molar-refractivity contribution is 7.17. The molecular formula is C14H17N5OS. The second-order valence-electron chi connectivity index (χ2n) is 5.56. The quantitative estimate of drug-likeness (QED) is 0.890. The number of nitrogens with zero attached hydrogens (tertiary/aromatic N) is 4. The molecule has 1 atom stereocenters. The van der Waals surface area contributed by atoms with E-state index in [4.69, 9.17) is 0 Å². The summed E-state index contributed by atoms with van der Waals surface area (Å²) in [6, 6.07) is 2.34. The third kappa shape index (κ3) is 2.41. The smallest absolute Gasteiger partial charge is 0.271 e. The van der Waals surface area contributed by atoms with Crippen LogP contribution < -0.4 is 5.32 Å². The summed E-state index contributed by atoms with van der Waals surface area (Å²) in [5, 5.41) is 4.98. The van der Waals surface area contributed by atoms with Crippen LogP contribution in [0, 0.1) is 0 Å². The maximum Gasteiger partial charge on any atom is 0.271 e. The first kappa shape index (κ1) is 13.1. The van der Waals surface area contributed by atoms with Gasteiger partial charge in [0.05, 0.1) is 10.2 Å². The van der Waals surface area contributed by atoms with E-state index in [1.807, 2.05) is 11.4 Å². The lowest BCUT2D eigenvalue weighted by Crippen LogP contribution is -2.63. The Hall–Kier alpha value is -1.57. The van der Waals surface area contributed by atoms with Gasteiger partial charge in [-0.25, -0.2) is 9.97 Å². The Morgan fingerprint density at radius 2 is 2.19 bits per heavy atom. The predicted molar refractivity (Wildman–Crippen MR) is 81.5 cm³/mol. The van der Waals surface area contributed by atoms with Crippen LogP contribution in [0.2, 0.25) is 0 Å². The lowest BCUT2D eigenvalue weighted by atomic mass is 10.1. The lowest BCUT2D eigenvalue weighted by Gasteiger charge is -2.47. The Morgan fingerprint density at radius 1 is 1.33 bits per heavy atom. The maximum absolute atomic E-state index is 12.4. The molecule has 2 aromatic heterocycles. The molecule has 5 rings (SSSR count). The summed E-state index contributed by atoms with van der Waals surface area (Å²) in [7, 11) is 0. The summed E-state index contributed by atoms with van der Waals surface area (Å²) in [5.74, 6) is -0.0949. The number of nitrogens with one attached hydrogen (secondary N) is 1. The molecule has 7 heteroatoms. The van der Waals surface area contributed by atoms with E-state index in [0.29, 0.717) is 18.3 Å². The number of thiophene rings is 1. The number of aromatic nitrogens is 2. The second-order valence-corrected chi connectivity index (χ2v) is 6.47. The third-order valence-electron chi connectivity index (χ3n) is 4.35. The topological polar surface area (TPSA) is 61.4 Å². The number of piperazine rings is 3. The summed E-state index contributed by atoms with van der Waals surface area (Å²) in [4.78, 5) is 25.6. The summed E-state index contributed by atoms with van der Waals surface area (Å²) >= 11 is 1.51. The zero-order valence-electron chi connectivity index (χ0n) is 11.7. The van der Waals surface area contributed by atoms with Crippen LogP contribution in [0.1, 0.15) is 10.5 Å². The van der Waals surface area contributed by atoms with Gasteiger partial charge in [0.25, 0.3) is 5.91 Å². The number of fused-ring (bicyclic) bond motifs is 4. The van der Waals surface area contributed by atoms with Crippen LogP contribution in [-0.4, -0.2) is 71.0 Å². The molecule has 1 unspecified atom stereocenters. The van der Waals surface area contributed by atoms with Gasteiger partial charge in [0.15, 0.2) is 0 Å². The molecule has 1 amide bonds. The van der Waals surface area contributed by atoms with Crippen molar-refractivity contribution in [1.82, 2.24) is 25.1 Å². The zero-order chi connectivity index (χ0) is 14.2. The largest absolute Gasteiger partial charge is 0.349 e. The van der Waals surface area contributed by atoms with Crippen molar-refractivity contribution in [2.45, 2.75) is 6.04 Å². The highest BCUT2D eigenvalue weighted by Gasteiger charge is 2.31. The molecule has 5 heterocycles. The number of rotatable bonds is 3. The van der Waals surface area contributed by atoms with Crippen molar-refractivity contribution in [2.24, 2.45) is 0 Å². The summed E-state index contributed by atoms with van der Waals surface area (Å²) < 4.78 is 0.865. The van der Waals surface area contributed by atoms with Crippen molar-refractivity contribution >= 4 is 27.5 Å². The van der Waals surface area contributed by atoms with E-state index < -0.39 is 0 Å². The molecule has 0 saturated carbocycles. The normalized spacial score (nSPS) is 27.9. The molecular weight excluding hydrogens is 286 g/mol. The monoisotopic (exact) mass is 303 g/mol. The Kier molecular flexibility index (Phi) is 3.33. The molecule has 1 N–H and O–H groups in total. The van der Waals surface area contributed by atoms with Gasteiger partial charge in [0.2, 0.25) is 0 Å². The average Bonchev–Trinajstić information content (AvgIpc) is 3.02. The van der Waals surface area contributed by atoms with Crippen molar-refractivity contribution in [3.8, 4) is 0 Å². The molecule has 0 spiro atoms. The van der Waals surface area contributed by atoms with Crippen molar-refractivity contribution in [3.05, 3.63) is 23.5 Å². The van der Waals surface area contributed by atoms with Crippen LogP contribution in [0.5, 0.6) is 0 Å². The minimum absolute atomic E-state index is 0.0949. The first-order valence-electron chi connectivity index (χ1n) is 7.24. The molecule has 6 nitrogen and oxygen atoms in total. The van der Waals surface area contributed by atoms with E-state index in [9.17, 15) is 4.79 Å². The number of amides is 1. The van der Waals surface area contributed by atoms with Gasteiger partial charge in [-0.15, -0.1) is 11.3 Å². The number of hydrogen-bond donors (Lipinski definition) is 1. The van der Waals surface area contributed by atoms with E-state index in [1.54, 1.807) is 0 Å². The maximum atomic E-state index is 12.4. The molecule has 0 radical (unpaired) electrons. The molecule has 3 saturated heterocycles. The van der Waals surface area contributed by atoms with Gasteiger partial charge in [0, 0.05) is 45.3 Å². The van der Waals surface area contributed by atoms with E-state index >= 15 is 0 Å². The highest BCUT2D eigenvalue weighted by Crippen LogP contribution is 2.21. The number of carbonyl (C=O) groups excluding carboxylic acids is 1. The average molecular weight is 303 g/mol. The van der Waals surface area contributed by atoms with Gasteiger partial charge in [0.1, 0.15) is 12.0 Å². The number of carbonyl (C=O) groups is 1. The van der Waals surface area contributed by atoms with E-state index in [0.717, 1.165) is 42.9 Å². The van der Waals surface area contributed by atoms with Crippen LogP contribution in [0.3, 0.4) is 0 Å². The SMILES string of the molecule is O=C(NCC1CN2CCN1CC2)c1ncnc2ccsc12. The standard InChI is InChI=1S/C14H17N5OS/c20-14(12-13-11(1-6-21-13)16-9-17-12)15-7-10-8-18-2-4-19(10)5-3-18/h1,6,9-10H,2-5,7-8H2,(H,15,20). The van der Waals surface area contributed by atoms with Gasteiger partial charge < -0.3 is 5.32 Å². The molecule has 2 aromatic rings. The molecule has 0 aliphatic carbocycles. The van der Waals surface area contributed by atoms with Crippen molar-refractivity contribution in [2.75, 3.05) is 39.3 Å². The van der Waals surface area contributed by atoms with Crippen LogP contribution in [0.25, 0.3) is 10.2 Å². The first-order chi connectivity index (χ1) is 10.3. The fourth-order valence-electron chi connectivity index (χ4n) is 3.16. The molecule has 110 valence electrons. The highest BCUT2D eigenvalue weighted by atomic mass is 32.1. The second kappa shape index (κ2) is 5.32. The summed E-state index contributed by atoms with van der Waals surface area (Å²) in [5.41, 5.74) is 1.33. The fourth-order valence-corrected chi connectivity index (χ4v) is 3.99.